The fourth-order valence-electron chi connectivity index (χ4n) is 4.60. The van der Waals surface area contributed by atoms with Gasteiger partial charge in [-0.1, -0.05) is 36.4 Å². The van der Waals surface area contributed by atoms with Gasteiger partial charge in [0.25, 0.3) is 5.91 Å². The van der Waals surface area contributed by atoms with E-state index in [2.05, 4.69) is 20.7 Å². The lowest BCUT2D eigenvalue weighted by Gasteiger charge is -2.29. The molecule has 0 aliphatic carbocycles. The Kier molecular flexibility index (Phi) is 7.86. The van der Waals surface area contributed by atoms with Gasteiger partial charge in [0.15, 0.2) is 11.5 Å². The monoisotopic (exact) mass is 541 g/mol. The second-order valence-corrected chi connectivity index (χ2v) is 9.03. The minimum absolute atomic E-state index is 0.318. The normalized spacial score (nSPS) is 14.2. The number of amides is 1. The summed E-state index contributed by atoms with van der Waals surface area (Å²) in [5.41, 5.74) is 3.46. The van der Waals surface area contributed by atoms with E-state index in [4.69, 9.17) is 18.9 Å². The number of hydrogen-bond donors (Lipinski definition) is 2. The first kappa shape index (κ1) is 26.6. The van der Waals surface area contributed by atoms with Gasteiger partial charge in [0, 0.05) is 11.8 Å². The zero-order chi connectivity index (χ0) is 28.1. The molecule has 4 aromatic rings. The maximum absolute atomic E-state index is 13.8. The molecule has 1 atom stereocenters. The summed E-state index contributed by atoms with van der Waals surface area (Å²) in [7, 11) is 3.11. The molecule has 10 heteroatoms. The van der Waals surface area contributed by atoms with Crippen LogP contribution >= 0.6 is 0 Å². The first-order valence-electron chi connectivity index (χ1n) is 12.9. The highest BCUT2D eigenvalue weighted by Crippen LogP contribution is 2.40. The quantitative estimate of drug-likeness (QED) is 0.282. The number of carbonyl (C=O) groups excluding carboxylic acids is 1. The largest absolute Gasteiger partial charge is 0.497 e. The number of benzene rings is 3. The second kappa shape index (κ2) is 11.8. The predicted molar refractivity (Wildman–Crippen MR) is 151 cm³/mol. The molecule has 1 aliphatic heterocycles. The lowest BCUT2D eigenvalue weighted by Crippen LogP contribution is -2.31. The molecule has 1 aromatic heterocycles. The highest BCUT2D eigenvalue weighted by molar-refractivity contribution is 6.06. The summed E-state index contributed by atoms with van der Waals surface area (Å²) in [6, 6.07) is 20.2. The first-order chi connectivity index (χ1) is 19.5. The van der Waals surface area contributed by atoms with Crippen LogP contribution in [0.2, 0.25) is 0 Å². The van der Waals surface area contributed by atoms with Crippen molar-refractivity contribution in [2.75, 3.05) is 31.5 Å². The Labute approximate surface area is 232 Å². The summed E-state index contributed by atoms with van der Waals surface area (Å²) >= 11 is 0. The minimum Gasteiger partial charge on any atom is -0.497 e. The van der Waals surface area contributed by atoms with Crippen molar-refractivity contribution in [3.63, 3.8) is 0 Å². The van der Waals surface area contributed by atoms with Crippen molar-refractivity contribution in [3.05, 3.63) is 95.5 Å². The van der Waals surface area contributed by atoms with Crippen LogP contribution in [0.5, 0.6) is 23.0 Å². The van der Waals surface area contributed by atoms with E-state index in [1.807, 2.05) is 62.4 Å². The zero-order valence-electron chi connectivity index (χ0n) is 22.8. The third-order valence-electron chi connectivity index (χ3n) is 6.52. The van der Waals surface area contributed by atoms with Crippen molar-refractivity contribution < 1.29 is 23.7 Å². The van der Waals surface area contributed by atoms with Gasteiger partial charge in [0.05, 0.1) is 32.1 Å². The summed E-state index contributed by atoms with van der Waals surface area (Å²) in [5, 5.41) is 10.6. The van der Waals surface area contributed by atoms with Crippen molar-refractivity contribution in [1.29, 1.82) is 0 Å². The molecule has 0 bridgehead atoms. The number of anilines is 2. The SMILES string of the molecule is CCOc1cc([C@H]2C(C(=O)Nc3ccc(OC)cc3OC)=C(C)Nc3ncnn32)ccc1OCc1ccccc1. The van der Waals surface area contributed by atoms with Crippen LogP contribution in [0.4, 0.5) is 11.6 Å². The van der Waals surface area contributed by atoms with Gasteiger partial charge in [-0.2, -0.15) is 10.1 Å². The van der Waals surface area contributed by atoms with Gasteiger partial charge in [-0.05, 0) is 49.2 Å². The fourth-order valence-corrected chi connectivity index (χ4v) is 4.60. The van der Waals surface area contributed by atoms with E-state index >= 15 is 0 Å². The number of carbonyl (C=O) groups is 1. The minimum atomic E-state index is -0.578. The van der Waals surface area contributed by atoms with Crippen LogP contribution in [0, 0.1) is 0 Å². The molecule has 3 aromatic carbocycles. The third-order valence-corrected chi connectivity index (χ3v) is 6.52. The van der Waals surface area contributed by atoms with E-state index in [9.17, 15) is 4.79 Å². The van der Waals surface area contributed by atoms with Crippen LogP contribution in [0.1, 0.15) is 31.0 Å². The molecule has 1 aliphatic rings. The smallest absolute Gasteiger partial charge is 0.255 e. The maximum atomic E-state index is 13.8. The molecule has 1 amide bonds. The predicted octanol–water partition coefficient (Wildman–Crippen LogP) is 5.20. The Bertz CT molecular complexity index is 1530. The molecular formula is C30H31N5O5. The molecule has 0 saturated heterocycles. The average molecular weight is 542 g/mol. The van der Waals surface area contributed by atoms with E-state index in [1.54, 1.807) is 30.0 Å². The molecule has 2 N–H and O–H groups in total. The summed E-state index contributed by atoms with van der Waals surface area (Å²) in [6.07, 6.45) is 1.46. The topological polar surface area (TPSA) is 109 Å². The van der Waals surface area contributed by atoms with Crippen LogP contribution < -0.4 is 29.6 Å². The van der Waals surface area contributed by atoms with Crippen molar-refractivity contribution in [3.8, 4) is 23.0 Å². The fraction of sp³-hybridized carbons (Fsp3) is 0.233. The Morgan fingerprint density at radius 1 is 0.975 bits per heavy atom. The van der Waals surface area contributed by atoms with Crippen molar-refractivity contribution in [1.82, 2.24) is 14.8 Å². The molecule has 2 heterocycles. The van der Waals surface area contributed by atoms with Crippen molar-refractivity contribution in [2.45, 2.75) is 26.5 Å². The Balaban J connectivity index is 1.49. The van der Waals surface area contributed by atoms with Gasteiger partial charge in [-0.15, -0.1) is 0 Å². The lowest BCUT2D eigenvalue weighted by atomic mass is 9.94. The van der Waals surface area contributed by atoms with Gasteiger partial charge in [0.2, 0.25) is 5.95 Å². The highest BCUT2D eigenvalue weighted by atomic mass is 16.5. The van der Waals surface area contributed by atoms with E-state index < -0.39 is 6.04 Å². The number of rotatable bonds is 10. The Morgan fingerprint density at radius 3 is 2.55 bits per heavy atom. The lowest BCUT2D eigenvalue weighted by molar-refractivity contribution is -0.113. The van der Waals surface area contributed by atoms with Crippen LogP contribution in [0.15, 0.2) is 84.3 Å². The molecule has 0 fully saturated rings. The maximum Gasteiger partial charge on any atom is 0.255 e. The van der Waals surface area contributed by atoms with Crippen molar-refractivity contribution >= 4 is 17.5 Å². The number of methoxy groups -OCH3 is 2. The molecule has 0 unspecified atom stereocenters. The van der Waals surface area contributed by atoms with E-state index in [1.165, 1.54) is 13.4 Å². The first-order valence-corrected chi connectivity index (χ1v) is 12.9. The van der Waals surface area contributed by atoms with Gasteiger partial charge in [-0.25, -0.2) is 4.68 Å². The summed E-state index contributed by atoms with van der Waals surface area (Å²) in [6.45, 7) is 4.60. The highest BCUT2D eigenvalue weighted by Gasteiger charge is 2.34. The summed E-state index contributed by atoms with van der Waals surface area (Å²) in [5.74, 6) is 2.49. The van der Waals surface area contributed by atoms with E-state index in [0.29, 0.717) is 59.1 Å². The molecule has 0 radical (unpaired) electrons. The summed E-state index contributed by atoms with van der Waals surface area (Å²) in [4.78, 5) is 18.2. The van der Waals surface area contributed by atoms with Gasteiger partial charge >= 0.3 is 0 Å². The van der Waals surface area contributed by atoms with Gasteiger partial charge in [-0.3, -0.25) is 4.79 Å². The van der Waals surface area contributed by atoms with Crippen molar-refractivity contribution in [2.24, 2.45) is 0 Å². The Morgan fingerprint density at radius 2 is 1.80 bits per heavy atom. The standard InChI is InChI=1S/C30H31N5O5/c1-5-39-26-15-21(11-14-24(26)40-17-20-9-7-6-8-10-20)28-27(19(2)33-30-31-18-32-35(28)30)29(36)34-23-13-12-22(37-3)16-25(23)38-4/h6-16,18,28H,5,17H2,1-4H3,(H,34,36)(H,31,32,33)/t28-/m0/s1. The van der Waals surface area contributed by atoms with Crippen LogP contribution in [0.25, 0.3) is 0 Å². The van der Waals surface area contributed by atoms with Crippen LogP contribution in [0.3, 0.4) is 0 Å². The summed E-state index contributed by atoms with van der Waals surface area (Å²) < 4.78 is 24.5. The molecule has 206 valence electrons. The molecule has 40 heavy (non-hydrogen) atoms. The van der Waals surface area contributed by atoms with Gasteiger partial charge < -0.3 is 29.6 Å². The molecule has 0 spiro atoms. The van der Waals surface area contributed by atoms with E-state index in [-0.39, 0.29) is 5.91 Å². The third kappa shape index (κ3) is 5.42. The number of allylic oxidation sites excluding steroid dienone is 1. The molecule has 10 nitrogen and oxygen atoms in total. The number of ether oxygens (including phenoxy) is 4. The number of fused-ring (bicyclic) bond motifs is 1. The number of nitrogens with one attached hydrogen (secondary N) is 2. The zero-order valence-corrected chi connectivity index (χ0v) is 22.8. The molecular weight excluding hydrogens is 510 g/mol. The number of nitrogens with zero attached hydrogens (tertiary/aromatic N) is 3. The number of hydrogen-bond acceptors (Lipinski definition) is 8. The second-order valence-electron chi connectivity index (χ2n) is 9.03. The molecule has 5 rings (SSSR count). The molecule has 0 saturated carbocycles. The van der Waals surface area contributed by atoms with Crippen LogP contribution in [-0.4, -0.2) is 41.5 Å². The average Bonchev–Trinajstić information content (AvgIpc) is 3.44. The van der Waals surface area contributed by atoms with Crippen LogP contribution in [-0.2, 0) is 11.4 Å². The van der Waals surface area contributed by atoms with E-state index in [0.717, 1.165) is 11.1 Å². The number of aromatic nitrogens is 3. The Hall–Kier alpha value is -4.99. The van der Waals surface area contributed by atoms with Gasteiger partial charge in [0.1, 0.15) is 30.5 Å².